The molecule has 0 bridgehead atoms. The Hall–Kier alpha value is -2.43. The number of aromatic amines is 1. The van der Waals surface area contributed by atoms with Gasteiger partial charge in [-0.2, -0.15) is 0 Å². The fraction of sp³-hybridized carbons (Fsp3) is 0.250. The molecule has 3 rings (SSSR count). The summed E-state index contributed by atoms with van der Waals surface area (Å²) in [5.74, 6) is -0.564. The van der Waals surface area contributed by atoms with Crippen LogP contribution in [0.25, 0.3) is 0 Å². The highest BCUT2D eigenvalue weighted by molar-refractivity contribution is 6.00. The molecular formula is C16H17FN2O2. The molecule has 1 aliphatic heterocycles. The Morgan fingerprint density at radius 1 is 1.29 bits per heavy atom. The lowest BCUT2D eigenvalue weighted by molar-refractivity contribution is -0.115. The van der Waals surface area contributed by atoms with Crippen LogP contribution in [0.5, 0.6) is 0 Å². The fourth-order valence-electron chi connectivity index (χ4n) is 2.49. The number of amides is 1. The Morgan fingerprint density at radius 3 is 2.81 bits per heavy atom. The number of halogens is 1. The van der Waals surface area contributed by atoms with E-state index < -0.39 is 0 Å². The maximum Gasteiger partial charge on any atom is 0.228 e. The first kappa shape index (κ1) is 15.0. The predicted molar refractivity (Wildman–Crippen MR) is 78.9 cm³/mol. The van der Waals surface area contributed by atoms with Crippen molar-refractivity contribution in [2.45, 2.75) is 26.7 Å². The van der Waals surface area contributed by atoms with E-state index in [0.29, 0.717) is 28.9 Å². The highest BCUT2D eigenvalue weighted by atomic mass is 19.1. The summed E-state index contributed by atoms with van der Waals surface area (Å²) in [4.78, 5) is 26.1. The molecule has 5 heteroatoms. The summed E-state index contributed by atoms with van der Waals surface area (Å²) in [5, 5.41) is 2.68. The van der Waals surface area contributed by atoms with Gasteiger partial charge in [0.25, 0.3) is 0 Å². The minimum atomic E-state index is -0.362. The van der Waals surface area contributed by atoms with Gasteiger partial charge in [-0.05, 0) is 41.8 Å². The van der Waals surface area contributed by atoms with E-state index in [-0.39, 0.29) is 37.8 Å². The van der Waals surface area contributed by atoms with Gasteiger partial charge in [-0.3, -0.25) is 9.59 Å². The van der Waals surface area contributed by atoms with Crippen LogP contribution in [0.15, 0.2) is 30.5 Å². The van der Waals surface area contributed by atoms with E-state index in [1.807, 2.05) is 0 Å². The summed E-state index contributed by atoms with van der Waals surface area (Å²) in [6.07, 6.45) is 2.36. The van der Waals surface area contributed by atoms with Crippen molar-refractivity contribution in [2.24, 2.45) is 0 Å². The molecule has 1 aromatic heterocycles. The second kappa shape index (κ2) is 5.91. The van der Waals surface area contributed by atoms with E-state index in [9.17, 15) is 14.0 Å². The maximum absolute atomic E-state index is 13.9. The number of Topliss-reactive ketones (excluding diaryl/α,β-unsaturated/α-hetero) is 1. The third-order valence-corrected chi connectivity index (χ3v) is 3.49. The highest BCUT2D eigenvalue weighted by Gasteiger charge is 2.23. The van der Waals surface area contributed by atoms with Crippen LogP contribution in [0.4, 0.5) is 10.1 Å². The monoisotopic (exact) mass is 288 g/mol. The summed E-state index contributed by atoms with van der Waals surface area (Å²) in [6, 6.07) is 6.33. The van der Waals surface area contributed by atoms with Crippen LogP contribution < -0.4 is 5.32 Å². The van der Waals surface area contributed by atoms with Crippen LogP contribution in [0.3, 0.4) is 0 Å². The number of anilines is 1. The molecular weight excluding hydrogens is 271 g/mol. The number of hydrogen-bond acceptors (Lipinski definition) is 2. The normalized spacial score (nSPS) is 12.5. The fourth-order valence-corrected chi connectivity index (χ4v) is 2.49. The summed E-state index contributed by atoms with van der Waals surface area (Å²) >= 11 is 0. The molecule has 0 saturated heterocycles. The standard InChI is InChI=1S/C15H13FN2O2.CH4/c16-11-4-5-12-10(8-15(20)18-12)9(11)3-6-14(19)13-2-1-7-17-13;/h1-2,4-5,7,17H,3,6,8H2,(H,18,20);1H4. The SMILES string of the molecule is C.O=C1Cc2c(ccc(F)c2CCC(=O)c2ccc[nH]2)N1. The zero-order valence-corrected chi connectivity index (χ0v) is 10.7. The van der Waals surface area contributed by atoms with Crippen LogP contribution in [0.1, 0.15) is 35.5 Å². The van der Waals surface area contributed by atoms with E-state index >= 15 is 0 Å². The van der Waals surface area contributed by atoms with Gasteiger partial charge in [0.05, 0.1) is 12.1 Å². The third-order valence-electron chi connectivity index (χ3n) is 3.49. The second-order valence-corrected chi connectivity index (χ2v) is 4.78. The van der Waals surface area contributed by atoms with Crippen molar-refractivity contribution in [3.05, 3.63) is 53.1 Å². The van der Waals surface area contributed by atoms with Crippen LogP contribution in [-0.2, 0) is 17.6 Å². The number of fused-ring (bicyclic) bond motifs is 1. The van der Waals surface area contributed by atoms with Crippen molar-refractivity contribution in [3.63, 3.8) is 0 Å². The van der Waals surface area contributed by atoms with Crippen molar-refractivity contribution in [3.8, 4) is 0 Å². The summed E-state index contributed by atoms with van der Waals surface area (Å²) in [7, 11) is 0. The van der Waals surface area contributed by atoms with E-state index in [1.165, 1.54) is 6.07 Å². The molecule has 0 aliphatic carbocycles. The number of hydrogen-bond donors (Lipinski definition) is 2. The number of nitrogens with one attached hydrogen (secondary N) is 2. The van der Waals surface area contributed by atoms with Crippen LogP contribution >= 0.6 is 0 Å². The number of carbonyl (C=O) groups is 2. The van der Waals surface area contributed by atoms with Gasteiger partial charge in [0.2, 0.25) is 5.91 Å². The molecule has 4 nitrogen and oxygen atoms in total. The molecule has 1 aromatic carbocycles. The molecule has 0 unspecified atom stereocenters. The minimum Gasteiger partial charge on any atom is -0.359 e. The summed E-state index contributed by atoms with van der Waals surface area (Å²) in [6.45, 7) is 0. The summed E-state index contributed by atoms with van der Waals surface area (Å²) < 4.78 is 13.9. The lowest BCUT2D eigenvalue weighted by atomic mass is 9.98. The van der Waals surface area contributed by atoms with Gasteiger partial charge in [0.1, 0.15) is 5.82 Å². The Balaban J connectivity index is 0.00000161. The van der Waals surface area contributed by atoms with Gasteiger partial charge in [0.15, 0.2) is 5.78 Å². The van der Waals surface area contributed by atoms with Gasteiger partial charge >= 0.3 is 0 Å². The second-order valence-electron chi connectivity index (χ2n) is 4.78. The Morgan fingerprint density at radius 2 is 2.10 bits per heavy atom. The largest absolute Gasteiger partial charge is 0.359 e. The van der Waals surface area contributed by atoms with Crippen molar-refractivity contribution in [1.29, 1.82) is 0 Å². The van der Waals surface area contributed by atoms with Crippen molar-refractivity contribution >= 4 is 17.4 Å². The Labute approximate surface area is 122 Å². The molecule has 2 heterocycles. The molecule has 0 radical (unpaired) electrons. The predicted octanol–water partition coefficient (Wildman–Crippen LogP) is 3.10. The summed E-state index contributed by atoms with van der Waals surface area (Å²) in [5.41, 5.74) is 2.31. The number of rotatable bonds is 4. The average molecular weight is 288 g/mol. The van der Waals surface area contributed by atoms with Gasteiger partial charge in [-0.1, -0.05) is 7.43 Å². The molecule has 2 aromatic rings. The molecule has 21 heavy (non-hydrogen) atoms. The Kier molecular flexibility index (Phi) is 4.21. The number of H-pyrrole nitrogens is 1. The number of aromatic nitrogens is 1. The zero-order chi connectivity index (χ0) is 14.1. The molecule has 2 N–H and O–H groups in total. The Bertz CT molecular complexity index is 678. The van der Waals surface area contributed by atoms with E-state index in [1.54, 1.807) is 24.4 Å². The molecule has 1 amide bonds. The van der Waals surface area contributed by atoms with Gasteiger partial charge < -0.3 is 10.3 Å². The van der Waals surface area contributed by atoms with E-state index in [2.05, 4.69) is 10.3 Å². The third kappa shape index (κ3) is 2.86. The van der Waals surface area contributed by atoms with Crippen LogP contribution in [0, 0.1) is 5.82 Å². The molecule has 1 aliphatic rings. The van der Waals surface area contributed by atoms with Crippen molar-refractivity contribution in [1.82, 2.24) is 4.98 Å². The van der Waals surface area contributed by atoms with Gasteiger partial charge in [0, 0.05) is 18.3 Å². The molecule has 110 valence electrons. The number of benzene rings is 1. The molecule has 0 atom stereocenters. The van der Waals surface area contributed by atoms with Crippen molar-refractivity contribution < 1.29 is 14.0 Å². The minimum absolute atomic E-state index is 0. The zero-order valence-electron chi connectivity index (χ0n) is 10.7. The first-order valence-electron chi connectivity index (χ1n) is 6.42. The van der Waals surface area contributed by atoms with Crippen LogP contribution in [0.2, 0.25) is 0 Å². The van der Waals surface area contributed by atoms with Crippen LogP contribution in [-0.4, -0.2) is 16.7 Å². The number of carbonyl (C=O) groups excluding carboxylic acids is 2. The average Bonchev–Trinajstić information content (AvgIpc) is 3.05. The van der Waals surface area contributed by atoms with Crippen molar-refractivity contribution in [2.75, 3.05) is 5.32 Å². The van der Waals surface area contributed by atoms with Gasteiger partial charge in [-0.25, -0.2) is 4.39 Å². The maximum atomic E-state index is 13.9. The highest BCUT2D eigenvalue weighted by Crippen LogP contribution is 2.29. The van der Waals surface area contributed by atoms with E-state index in [0.717, 1.165) is 0 Å². The first-order chi connectivity index (χ1) is 9.65. The van der Waals surface area contributed by atoms with Gasteiger partial charge in [-0.15, -0.1) is 0 Å². The quantitative estimate of drug-likeness (QED) is 0.849. The van der Waals surface area contributed by atoms with E-state index in [4.69, 9.17) is 0 Å². The molecule has 0 spiro atoms. The molecule has 0 fully saturated rings. The topological polar surface area (TPSA) is 62.0 Å². The first-order valence-corrected chi connectivity index (χ1v) is 6.42. The smallest absolute Gasteiger partial charge is 0.228 e. The lowest BCUT2D eigenvalue weighted by Crippen LogP contribution is -2.05. The molecule has 0 saturated carbocycles. The lowest BCUT2D eigenvalue weighted by Gasteiger charge is -2.08. The number of ketones is 1.